The number of rotatable bonds is 5. The monoisotopic (exact) mass is 298 g/mol. The van der Waals surface area contributed by atoms with Gasteiger partial charge in [0.25, 0.3) is 0 Å². The topological polar surface area (TPSA) is 63.8 Å². The molecule has 1 N–H and O–H groups in total. The van der Waals surface area contributed by atoms with Gasteiger partial charge in [0.05, 0.1) is 18.9 Å². The van der Waals surface area contributed by atoms with Crippen LogP contribution in [0, 0.1) is 0 Å². The highest BCUT2D eigenvalue weighted by Gasteiger charge is 2.19. The Morgan fingerprint density at radius 2 is 2.25 bits per heavy atom. The van der Waals surface area contributed by atoms with E-state index >= 15 is 0 Å². The first-order chi connectivity index (χ1) is 9.76. The molecule has 2 rings (SSSR count). The van der Waals surface area contributed by atoms with Crippen LogP contribution in [-0.4, -0.2) is 28.8 Å². The molecule has 6 heteroatoms. The number of hydrogen-bond acceptors (Lipinski definition) is 5. The Bertz CT molecular complexity index is 501. The number of aliphatic hydroxyl groups is 1. The first-order valence-corrected chi connectivity index (χ1v) is 8.10. The van der Waals surface area contributed by atoms with Gasteiger partial charge in [-0.2, -0.15) is 0 Å². The van der Waals surface area contributed by atoms with Gasteiger partial charge in [-0.3, -0.25) is 4.79 Å². The summed E-state index contributed by atoms with van der Waals surface area (Å²) in [7, 11) is 0. The zero-order chi connectivity index (χ0) is 14.4. The molecule has 1 aliphatic rings. The van der Waals surface area contributed by atoms with E-state index in [-0.39, 0.29) is 19.1 Å². The Morgan fingerprint density at radius 1 is 1.50 bits per heavy atom. The molecule has 1 aromatic rings. The summed E-state index contributed by atoms with van der Waals surface area (Å²) in [5.74, 6) is -0.304. The maximum Gasteiger partial charge on any atom is 0.327 e. The van der Waals surface area contributed by atoms with Crippen LogP contribution in [0.5, 0.6) is 0 Å². The highest BCUT2D eigenvalue weighted by Crippen LogP contribution is 2.28. The van der Waals surface area contributed by atoms with E-state index in [1.807, 2.05) is 5.38 Å². The van der Waals surface area contributed by atoms with E-state index in [1.54, 1.807) is 6.92 Å². The summed E-state index contributed by atoms with van der Waals surface area (Å²) in [4.78, 5) is 16.6. The molecule has 1 aromatic heterocycles. The molecule has 1 aliphatic carbocycles. The van der Waals surface area contributed by atoms with Gasteiger partial charge in [-0.1, -0.05) is 19.3 Å². The number of carbonyl (C=O) groups excluding carboxylic acids is 1. The summed E-state index contributed by atoms with van der Waals surface area (Å²) in [6, 6.07) is 0.401. The number of esters is 1. The molecule has 1 saturated carbocycles. The number of carbonyl (C=O) groups is 1. The van der Waals surface area contributed by atoms with Crippen LogP contribution in [0.3, 0.4) is 0 Å². The predicted molar refractivity (Wildman–Crippen MR) is 77.4 cm³/mol. The number of thiazole rings is 1. The molecule has 1 heterocycles. The Hall–Kier alpha value is -1.14. The van der Waals surface area contributed by atoms with Crippen LogP contribution in [0.25, 0.3) is 0 Å². The van der Waals surface area contributed by atoms with Crippen molar-refractivity contribution >= 4 is 17.3 Å². The van der Waals surface area contributed by atoms with E-state index in [1.165, 1.54) is 30.6 Å². The van der Waals surface area contributed by atoms with Crippen molar-refractivity contribution in [2.24, 2.45) is 4.99 Å². The van der Waals surface area contributed by atoms with Crippen molar-refractivity contribution in [2.75, 3.05) is 13.2 Å². The molecule has 0 unspecified atom stereocenters. The summed E-state index contributed by atoms with van der Waals surface area (Å²) >= 11 is 1.48. The lowest BCUT2D eigenvalue weighted by Crippen LogP contribution is -2.26. The molecular formula is C14H22N2O3S. The molecule has 0 bridgehead atoms. The van der Waals surface area contributed by atoms with Gasteiger partial charge in [-0.25, -0.2) is 4.99 Å². The van der Waals surface area contributed by atoms with E-state index < -0.39 is 0 Å². The van der Waals surface area contributed by atoms with E-state index in [0.717, 1.165) is 23.3 Å². The Morgan fingerprint density at radius 3 is 2.90 bits per heavy atom. The minimum Gasteiger partial charge on any atom is -0.465 e. The average Bonchev–Trinajstić information content (AvgIpc) is 2.89. The summed E-state index contributed by atoms with van der Waals surface area (Å²) in [6.07, 6.45) is 5.96. The number of hydrogen-bond donors (Lipinski definition) is 1. The van der Waals surface area contributed by atoms with Gasteiger partial charge >= 0.3 is 5.97 Å². The molecule has 0 aliphatic heterocycles. The van der Waals surface area contributed by atoms with E-state index in [0.29, 0.717) is 12.6 Å². The first-order valence-electron chi connectivity index (χ1n) is 7.22. The number of ether oxygens (including phenoxy) is 1. The highest BCUT2D eigenvalue weighted by atomic mass is 32.1. The lowest BCUT2D eigenvalue weighted by Gasteiger charge is -2.24. The standard InChI is InChI=1S/C14H22N2O3S/c1-2-19-13(18)8-15-14-16(12(9-17)10-20-14)11-6-4-3-5-7-11/h10-11,17H,2-9H2,1H3. The van der Waals surface area contributed by atoms with Crippen LogP contribution in [-0.2, 0) is 16.1 Å². The number of nitrogens with zero attached hydrogens (tertiary/aromatic N) is 2. The fourth-order valence-electron chi connectivity index (χ4n) is 2.65. The predicted octanol–water partition coefficient (Wildman–Crippen LogP) is 2.01. The molecule has 0 atom stereocenters. The van der Waals surface area contributed by atoms with Crippen molar-refractivity contribution in [1.29, 1.82) is 0 Å². The summed E-state index contributed by atoms with van der Waals surface area (Å²) in [5, 5.41) is 11.4. The summed E-state index contributed by atoms with van der Waals surface area (Å²) < 4.78 is 7.01. The second-order valence-electron chi connectivity index (χ2n) is 4.95. The van der Waals surface area contributed by atoms with Gasteiger partial charge in [0.1, 0.15) is 6.54 Å². The smallest absolute Gasteiger partial charge is 0.327 e. The molecule has 0 saturated heterocycles. The van der Waals surface area contributed by atoms with Crippen LogP contribution >= 0.6 is 11.3 Å². The second-order valence-corrected chi connectivity index (χ2v) is 5.79. The van der Waals surface area contributed by atoms with E-state index in [2.05, 4.69) is 9.56 Å². The van der Waals surface area contributed by atoms with Crippen molar-refractivity contribution in [3.8, 4) is 0 Å². The second kappa shape index (κ2) is 7.59. The Kier molecular flexibility index (Phi) is 5.79. The maximum atomic E-state index is 11.4. The lowest BCUT2D eigenvalue weighted by atomic mass is 9.95. The minimum atomic E-state index is -0.304. The molecule has 20 heavy (non-hydrogen) atoms. The largest absolute Gasteiger partial charge is 0.465 e. The molecule has 5 nitrogen and oxygen atoms in total. The van der Waals surface area contributed by atoms with E-state index in [4.69, 9.17) is 4.74 Å². The maximum absolute atomic E-state index is 11.4. The van der Waals surface area contributed by atoms with Crippen molar-refractivity contribution in [3.63, 3.8) is 0 Å². The summed E-state index contributed by atoms with van der Waals surface area (Å²) in [5.41, 5.74) is 0.893. The Labute approximate surface area is 122 Å². The third kappa shape index (κ3) is 3.70. The molecular weight excluding hydrogens is 276 g/mol. The average molecular weight is 298 g/mol. The lowest BCUT2D eigenvalue weighted by molar-refractivity contribution is -0.141. The van der Waals surface area contributed by atoms with Crippen LogP contribution in [0.1, 0.15) is 50.8 Å². The van der Waals surface area contributed by atoms with Gasteiger partial charge in [0.15, 0.2) is 4.80 Å². The molecule has 112 valence electrons. The minimum absolute atomic E-state index is 0.0158. The zero-order valence-corrected chi connectivity index (χ0v) is 12.7. The molecule has 0 amide bonds. The van der Waals surface area contributed by atoms with Gasteiger partial charge < -0.3 is 14.4 Å². The Balaban J connectivity index is 2.21. The summed E-state index contributed by atoms with van der Waals surface area (Å²) in [6.45, 7) is 2.23. The fourth-order valence-corrected chi connectivity index (χ4v) is 3.60. The molecule has 0 spiro atoms. The van der Waals surface area contributed by atoms with Crippen LogP contribution in [0.4, 0.5) is 0 Å². The molecule has 0 aromatic carbocycles. The normalized spacial score (nSPS) is 17.4. The van der Waals surface area contributed by atoms with Gasteiger partial charge in [0, 0.05) is 11.4 Å². The third-order valence-corrected chi connectivity index (χ3v) is 4.49. The molecule has 1 fully saturated rings. The van der Waals surface area contributed by atoms with Crippen molar-refractivity contribution in [2.45, 2.75) is 51.7 Å². The zero-order valence-electron chi connectivity index (χ0n) is 11.9. The SMILES string of the molecule is CCOC(=O)CN=c1scc(CO)n1C1CCCCC1. The third-order valence-electron chi connectivity index (χ3n) is 3.57. The number of aliphatic hydroxyl groups excluding tert-OH is 1. The molecule has 0 radical (unpaired) electrons. The van der Waals surface area contributed by atoms with Gasteiger partial charge in [-0.05, 0) is 19.8 Å². The highest BCUT2D eigenvalue weighted by molar-refractivity contribution is 7.07. The van der Waals surface area contributed by atoms with Crippen LogP contribution in [0.15, 0.2) is 10.4 Å². The van der Waals surface area contributed by atoms with Crippen LogP contribution < -0.4 is 4.80 Å². The van der Waals surface area contributed by atoms with Crippen molar-refractivity contribution in [3.05, 3.63) is 15.9 Å². The number of aromatic nitrogens is 1. The van der Waals surface area contributed by atoms with Crippen LogP contribution in [0.2, 0.25) is 0 Å². The van der Waals surface area contributed by atoms with Crippen molar-refractivity contribution in [1.82, 2.24) is 4.57 Å². The van der Waals surface area contributed by atoms with Crippen molar-refractivity contribution < 1.29 is 14.6 Å². The first kappa shape index (κ1) is 15.3. The van der Waals surface area contributed by atoms with Gasteiger partial charge in [-0.15, -0.1) is 11.3 Å². The fraction of sp³-hybridized carbons (Fsp3) is 0.714. The van der Waals surface area contributed by atoms with E-state index in [9.17, 15) is 9.90 Å². The van der Waals surface area contributed by atoms with Gasteiger partial charge in [0.2, 0.25) is 0 Å². The quantitative estimate of drug-likeness (QED) is 0.846.